The van der Waals surface area contributed by atoms with Gasteiger partial charge in [0.25, 0.3) is 5.91 Å². The third-order valence-corrected chi connectivity index (χ3v) is 3.30. The van der Waals surface area contributed by atoms with E-state index in [-0.39, 0.29) is 13.2 Å². The standard InChI is InChI=1S/C17H17F2NO2/c1-12-6-3-4-9-15(12)22-11-10-20(2)17(21)16-13(18)7-5-8-14(16)19/h3-9H,10-11H2,1-2H3. The van der Waals surface area contributed by atoms with Crippen LogP contribution in [0.25, 0.3) is 0 Å². The highest BCUT2D eigenvalue weighted by molar-refractivity contribution is 5.94. The summed E-state index contributed by atoms with van der Waals surface area (Å²) in [6, 6.07) is 10.8. The van der Waals surface area contributed by atoms with E-state index in [0.29, 0.717) is 0 Å². The van der Waals surface area contributed by atoms with Crippen LogP contribution in [-0.2, 0) is 0 Å². The van der Waals surface area contributed by atoms with Crippen molar-refractivity contribution in [2.24, 2.45) is 0 Å². The van der Waals surface area contributed by atoms with E-state index < -0.39 is 23.1 Å². The van der Waals surface area contributed by atoms with E-state index in [1.807, 2.05) is 31.2 Å². The van der Waals surface area contributed by atoms with Gasteiger partial charge in [0.1, 0.15) is 29.6 Å². The van der Waals surface area contributed by atoms with Gasteiger partial charge in [0.2, 0.25) is 0 Å². The molecule has 2 aromatic rings. The summed E-state index contributed by atoms with van der Waals surface area (Å²) >= 11 is 0. The van der Waals surface area contributed by atoms with E-state index in [1.165, 1.54) is 18.0 Å². The van der Waals surface area contributed by atoms with Crippen molar-refractivity contribution in [3.8, 4) is 5.75 Å². The van der Waals surface area contributed by atoms with E-state index in [4.69, 9.17) is 4.74 Å². The van der Waals surface area contributed by atoms with Crippen molar-refractivity contribution in [3.63, 3.8) is 0 Å². The fourth-order valence-corrected chi connectivity index (χ4v) is 2.01. The van der Waals surface area contributed by atoms with Gasteiger partial charge < -0.3 is 9.64 Å². The average Bonchev–Trinajstić information content (AvgIpc) is 2.48. The molecule has 0 aliphatic rings. The molecule has 3 nitrogen and oxygen atoms in total. The number of halogens is 2. The van der Waals surface area contributed by atoms with Gasteiger partial charge in [-0.15, -0.1) is 0 Å². The van der Waals surface area contributed by atoms with Crippen molar-refractivity contribution >= 4 is 5.91 Å². The number of benzene rings is 2. The second-order valence-electron chi connectivity index (χ2n) is 4.94. The lowest BCUT2D eigenvalue weighted by Crippen LogP contribution is -2.32. The second kappa shape index (κ2) is 7.02. The molecule has 0 radical (unpaired) electrons. The van der Waals surface area contributed by atoms with E-state index in [1.54, 1.807) is 0 Å². The number of para-hydroxylation sites is 1. The number of hydrogen-bond donors (Lipinski definition) is 0. The maximum absolute atomic E-state index is 13.6. The van der Waals surface area contributed by atoms with Gasteiger partial charge in [-0.05, 0) is 30.7 Å². The lowest BCUT2D eigenvalue weighted by Gasteiger charge is -2.18. The summed E-state index contributed by atoms with van der Waals surface area (Å²) < 4.78 is 32.7. The molecule has 0 heterocycles. The largest absolute Gasteiger partial charge is 0.491 e. The first kappa shape index (κ1) is 15.9. The van der Waals surface area contributed by atoms with Gasteiger partial charge in [-0.1, -0.05) is 24.3 Å². The molecule has 0 bridgehead atoms. The Morgan fingerprint density at radius 1 is 1.09 bits per heavy atom. The summed E-state index contributed by atoms with van der Waals surface area (Å²) in [6.07, 6.45) is 0. The van der Waals surface area contributed by atoms with Gasteiger partial charge in [-0.3, -0.25) is 4.79 Å². The molecule has 0 saturated carbocycles. The van der Waals surface area contributed by atoms with Crippen LogP contribution in [0.5, 0.6) is 5.75 Å². The predicted octanol–water partition coefficient (Wildman–Crippen LogP) is 3.42. The summed E-state index contributed by atoms with van der Waals surface area (Å²) in [6.45, 7) is 2.38. The molecule has 0 aliphatic heterocycles. The first-order valence-electron chi connectivity index (χ1n) is 6.88. The third-order valence-electron chi connectivity index (χ3n) is 3.30. The van der Waals surface area contributed by atoms with E-state index in [2.05, 4.69) is 0 Å². The average molecular weight is 305 g/mol. The molecule has 0 spiro atoms. The molecule has 0 aromatic heterocycles. The zero-order valence-corrected chi connectivity index (χ0v) is 12.5. The van der Waals surface area contributed by atoms with E-state index >= 15 is 0 Å². The molecule has 0 unspecified atom stereocenters. The van der Waals surface area contributed by atoms with Crippen LogP contribution in [0.3, 0.4) is 0 Å². The highest BCUT2D eigenvalue weighted by Gasteiger charge is 2.20. The molecule has 0 saturated heterocycles. The molecule has 5 heteroatoms. The summed E-state index contributed by atoms with van der Waals surface area (Å²) in [5.41, 5.74) is 0.442. The van der Waals surface area contributed by atoms with Crippen LogP contribution >= 0.6 is 0 Å². The van der Waals surface area contributed by atoms with Crippen LogP contribution in [0.2, 0.25) is 0 Å². The first-order valence-corrected chi connectivity index (χ1v) is 6.88. The Bertz CT molecular complexity index is 653. The number of amides is 1. The van der Waals surface area contributed by atoms with E-state index in [9.17, 15) is 13.6 Å². The smallest absolute Gasteiger partial charge is 0.259 e. The molecule has 22 heavy (non-hydrogen) atoms. The van der Waals surface area contributed by atoms with Gasteiger partial charge >= 0.3 is 0 Å². The SMILES string of the molecule is Cc1ccccc1OCCN(C)C(=O)c1c(F)cccc1F. The van der Waals surface area contributed by atoms with E-state index in [0.717, 1.165) is 23.4 Å². The van der Waals surface area contributed by atoms with Crippen molar-refractivity contribution in [3.05, 3.63) is 65.2 Å². The number of carbonyl (C=O) groups is 1. The van der Waals surface area contributed by atoms with Crippen LogP contribution in [0.15, 0.2) is 42.5 Å². The number of nitrogens with zero attached hydrogens (tertiary/aromatic N) is 1. The quantitative estimate of drug-likeness (QED) is 0.847. The summed E-state index contributed by atoms with van der Waals surface area (Å²) in [4.78, 5) is 13.3. The highest BCUT2D eigenvalue weighted by atomic mass is 19.1. The first-order chi connectivity index (χ1) is 10.5. The minimum Gasteiger partial charge on any atom is -0.491 e. The van der Waals surface area contributed by atoms with Crippen LogP contribution in [0.4, 0.5) is 8.78 Å². The monoisotopic (exact) mass is 305 g/mol. The number of likely N-dealkylation sites (N-methyl/N-ethyl adjacent to an activating group) is 1. The molecular weight excluding hydrogens is 288 g/mol. The highest BCUT2D eigenvalue weighted by Crippen LogP contribution is 2.17. The number of rotatable bonds is 5. The van der Waals surface area contributed by atoms with Crippen LogP contribution in [0, 0.1) is 18.6 Å². The number of aryl methyl sites for hydroxylation is 1. The Morgan fingerprint density at radius 3 is 2.36 bits per heavy atom. The molecular formula is C17H17F2NO2. The fourth-order valence-electron chi connectivity index (χ4n) is 2.01. The van der Waals surface area contributed by atoms with Gasteiger partial charge in [0.05, 0.1) is 6.54 Å². The Hall–Kier alpha value is -2.43. The zero-order chi connectivity index (χ0) is 16.1. The Balaban J connectivity index is 1.96. The van der Waals surface area contributed by atoms with Gasteiger partial charge in [-0.2, -0.15) is 0 Å². The van der Waals surface area contributed by atoms with Crippen LogP contribution < -0.4 is 4.74 Å². The summed E-state index contributed by atoms with van der Waals surface area (Å²) in [5.74, 6) is -1.71. The number of ether oxygens (including phenoxy) is 1. The number of hydrogen-bond acceptors (Lipinski definition) is 2. The molecule has 2 aromatic carbocycles. The third kappa shape index (κ3) is 3.61. The lowest BCUT2D eigenvalue weighted by atomic mass is 10.1. The van der Waals surface area contributed by atoms with Gasteiger partial charge in [-0.25, -0.2) is 8.78 Å². The summed E-state index contributed by atoms with van der Waals surface area (Å²) in [7, 11) is 1.48. The van der Waals surface area contributed by atoms with Gasteiger partial charge in [0, 0.05) is 7.05 Å². The molecule has 2 rings (SSSR count). The molecule has 0 fully saturated rings. The van der Waals surface area contributed by atoms with Crippen LogP contribution in [0.1, 0.15) is 15.9 Å². The Kier molecular flexibility index (Phi) is 5.09. The van der Waals surface area contributed by atoms with Crippen molar-refractivity contribution < 1.29 is 18.3 Å². The van der Waals surface area contributed by atoms with Crippen LogP contribution in [-0.4, -0.2) is 31.0 Å². The van der Waals surface area contributed by atoms with Crippen molar-refractivity contribution in [2.75, 3.05) is 20.2 Å². The zero-order valence-electron chi connectivity index (χ0n) is 12.5. The molecule has 0 N–H and O–H groups in total. The van der Waals surface area contributed by atoms with Crippen molar-refractivity contribution in [1.82, 2.24) is 4.90 Å². The maximum atomic E-state index is 13.6. The Labute approximate surface area is 128 Å². The maximum Gasteiger partial charge on any atom is 0.259 e. The van der Waals surface area contributed by atoms with Crippen molar-refractivity contribution in [1.29, 1.82) is 0 Å². The van der Waals surface area contributed by atoms with Gasteiger partial charge in [0.15, 0.2) is 0 Å². The molecule has 0 aliphatic carbocycles. The predicted molar refractivity (Wildman–Crippen MR) is 80.0 cm³/mol. The number of carbonyl (C=O) groups excluding carboxylic acids is 1. The topological polar surface area (TPSA) is 29.5 Å². The molecule has 1 amide bonds. The lowest BCUT2D eigenvalue weighted by molar-refractivity contribution is 0.0764. The Morgan fingerprint density at radius 2 is 1.73 bits per heavy atom. The fraction of sp³-hybridized carbons (Fsp3) is 0.235. The minimum absolute atomic E-state index is 0.223. The second-order valence-corrected chi connectivity index (χ2v) is 4.94. The van der Waals surface area contributed by atoms with Crippen molar-refractivity contribution in [2.45, 2.75) is 6.92 Å². The molecule has 0 atom stereocenters. The summed E-state index contributed by atoms with van der Waals surface area (Å²) in [5, 5.41) is 0. The molecule has 116 valence electrons. The minimum atomic E-state index is -0.864. The normalized spacial score (nSPS) is 10.4.